The number of nitrogen functional groups attached to an aromatic ring is 1. The molecule has 0 saturated carbocycles. The molecule has 0 aliphatic rings. The molecule has 4 nitrogen and oxygen atoms in total. The third kappa shape index (κ3) is 1.93. The molecule has 2 N–H and O–H groups in total. The van der Waals surface area contributed by atoms with Crippen molar-refractivity contribution in [2.24, 2.45) is 7.05 Å². The van der Waals surface area contributed by atoms with E-state index in [0.29, 0.717) is 32.8 Å². The van der Waals surface area contributed by atoms with E-state index in [1.807, 2.05) is 23.7 Å². The SMILES string of the molecule is Cn1c(-c2cc(Cl)cc(Cl)c2N)nc2ncccc21. The minimum absolute atomic E-state index is 0.419. The number of anilines is 1. The first-order chi connectivity index (χ1) is 9.08. The zero-order valence-electron chi connectivity index (χ0n) is 10.1. The molecule has 3 rings (SSSR count). The molecule has 0 fully saturated rings. The number of hydrogen-bond donors (Lipinski definition) is 1. The van der Waals surface area contributed by atoms with Gasteiger partial charge in [0.05, 0.1) is 16.2 Å². The van der Waals surface area contributed by atoms with Crippen molar-refractivity contribution in [3.8, 4) is 11.4 Å². The summed E-state index contributed by atoms with van der Waals surface area (Å²) in [5.74, 6) is 0.690. The number of fused-ring (bicyclic) bond motifs is 1. The van der Waals surface area contributed by atoms with Crippen molar-refractivity contribution < 1.29 is 0 Å². The maximum atomic E-state index is 6.06. The van der Waals surface area contributed by atoms with Gasteiger partial charge in [-0.1, -0.05) is 23.2 Å². The number of imidazole rings is 1. The molecule has 0 atom stereocenters. The van der Waals surface area contributed by atoms with Crippen LogP contribution in [0.2, 0.25) is 10.0 Å². The topological polar surface area (TPSA) is 56.7 Å². The number of aryl methyl sites for hydroxylation is 1. The van der Waals surface area contributed by atoms with Crippen molar-refractivity contribution >= 4 is 40.1 Å². The monoisotopic (exact) mass is 292 g/mol. The van der Waals surface area contributed by atoms with Crippen LogP contribution in [0.5, 0.6) is 0 Å². The molecule has 0 unspecified atom stereocenters. The first-order valence-corrected chi connectivity index (χ1v) is 6.36. The highest BCUT2D eigenvalue weighted by atomic mass is 35.5. The first-order valence-electron chi connectivity index (χ1n) is 5.60. The van der Waals surface area contributed by atoms with Gasteiger partial charge in [0.1, 0.15) is 5.82 Å². The molecule has 2 heterocycles. The van der Waals surface area contributed by atoms with Crippen LogP contribution >= 0.6 is 23.2 Å². The van der Waals surface area contributed by atoms with Crippen LogP contribution in [-0.4, -0.2) is 14.5 Å². The number of rotatable bonds is 1. The Labute approximate surface area is 119 Å². The number of halogens is 2. The molecule has 0 spiro atoms. The standard InChI is InChI=1S/C13H10Cl2N4/c1-19-10-3-2-4-17-12(10)18-13(19)8-5-7(14)6-9(15)11(8)16/h2-6H,16H2,1H3. The van der Waals surface area contributed by atoms with Gasteiger partial charge in [-0.25, -0.2) is 9.97 Å². The second kappa shape index (κ2) is 4.40. The van der Waals surface area contributed by atoms with Gasteiger partial charge in [0.15, 0.2) is 5.65 Å². The smallest absolute Gasteiger partial charge is 0.178 e. The summed E-state index contributed by atoms with van der Waals surface area (Å²) in [6.07, 6.45) is 1.70. The fourth-order valence-electron chi connectivity index (χ4n) is 2.04. The van der Waals surface area contributed by atoms with Crippen molar-refractivity contribution in [2.75, 3.05) is 5.73 Å². The lowest BCUT2D eigenvalue weighted by Gasteiger charge is -2.08. The maximum absolute atomic E-state index is 6.06. The lowest BCUT2D eigenvalue weighted by atomic mass is 10.1. The molecule has 6 heteroatoms. The van der Waals surface area contributed by atoms with Gasteiger partial charge < -0.3 is 10.3 Å². The minimum atomic E-state index is 0.419. The maximum Gasteiger partial charge on any atom is 0.178 e. The zero-order chi connectivity index (χ0) is 13.6. The molecule has 0 saturated heterocycles. The molecule has 19 heavy (non-hydrogen) atoms. The van der Waals surface area contributed by atoms with Crippen molar-refractivity contribution in [1.82, 2.24) is 14.5 Å². The van der Waals surface area contributed by atoms with Gasteiger partial charge in [-0.3, -0.25) is 0 Å². The lowest BCUT2D eigenvalue weighted by molar-refractivity contribution is 0.960. The van der Waals surface area contributed by atoms with Crippen LogP contribution in [0.1, 0.15) is 0 Å². The molecule has 0 radical (unpaired) electrons. The predicted octanol–water partition coefficient (Wildman–Crippen LogP) is 3.52. The predicted molar refractivity (Wildman–Crippen MR) is 78.4 cm³/mol. The average molecular weight is 293 g/mol. The van der Waals surface area contributed by atoms with Crippen molar-refractivity contribution in [3.05, 3.63) is 40.5 Å². The summed E-state index contributed by atoms with van der Waals surface area (Å²) in [4.78, 5) is 8.70. The van der Waals surface area contributed by atoms with Crippen LogP contribution in [0.15, 0.2) is 30.5 Å². The summed E-state index contributed by atoms with van der Waals surface area (Å²) < 4.78 is 1.92. The van der Waals surface area contributed by atoms with Crippen molar-refractivity contribution in [3.63, 3.8) is 0 Å². The van der Waals surface area contributed by atoms with Crippen molar-refractivity contribution in [2.45, 2.75) is 0 Å². The Morgan fingerprint density at radius 3 is 2.79 bits per heavy atom. The fraction of sp³-hybridized carbons (Fsp3) is 0.0769. The Bertz CT molecular complexity index is 780. The van der Waals surface area contributed by atoms with Gasteiger partial charge in [0.25, 0.3) is 0 Å². The Kier molecular flexibility index (Phi) is 2.84. The number of nitrogens with two attached hydrogens (primary N) is 1. The Balaban J connectivity index is 2.33. The quantitative estimate of drug-likeness (QED) is 0.698. The van der Waals surface area contributed by atoms with E-state index in [-0.39, 0.29) is 0 Å². The van der Waals surface area contributed by atoms with Crippen LogP contribution in [0.25, 0.3) is 22.6 Å². The third-order valence-electron chi connectivity index (χ3n) is 2.99. The highest BCUT2D eigenvalue weighted by molar-refractivity contribution is 6.37. The van der Waals surface area contributed by atoms with Crippen LogP contribution < -0.4 is 5.73 Å². The summed E-state index contributed by atoms with van der Waals surface area (Å²) >= 11 is 12.1. The van der Waals surface area contributed by atoms with E-state index >= 15 is 0 Å². The van der Waals surface area contributed by atoms with Gasteiger partial charge in [0, 0.05) is 23.8 Å². The highest BCUT2D eigenvalue weighted by Gasteiger charge is 2.15. The van der Waals surface area contributed by atoms with Gasteiger partial charge in [-0.05, 0) is 24.3 Å². The van der Waals surface area contributed by atoms with E-state index in [9.17, 15) is 0 Å². The van der Waals surface area contributed by atoms with Gasteiger partial charge in [0.2, 0.25) is 0 Å². The Morgan fingerprint density at radius 2 is 2.05 bits per heavy atom. The van der Waals surface area contributed by atoms with Crippen LogP contribution in [0.3, 0.4) is 0 Å². The van der Waals surface area contributed by atoms with E-state index < -0.39 is 0 Å². The Hall–Kier alpha value is -1.78. The summed E-state index contributed by atoms with van der Waals surface area (Å²) in [7, 11) is 1.90. The number of aromatic nitrogens is 3. The Morgan fingerprint density at radius 1 is 1.26 bits per heavy atom. The molecule has 0 aliphatic carbocycles. The molecule has 0 bridgehead atoms. The van der Waals surface area contributed by atoms with Gasteiger partial charge in [-0.15, -0.1) is 0 Å². The summed E-state index contributed by atoms with van der Waals surface area (Å²) in [5.41, 5.74) is 8.77. The van der Waals surface area contributed by atoms with Crippen LogP contribution in [0.4, 0.5) is 5.69 Å². The van der Waals surface area contributed by atoms with E-state index in [1.165, 1.54) is 0 Å². The molecule has 3 aromatic rings. The van der Waals surface area contributed by atoms with E-state index in [4.69, 9.17) is 28.9 Å². The average Bonchev–Trinajstić information content (AvgIpc) is 2.72. The largest absolute Gasteiger partial charge is 0.397 e. The van der Waals surface area contributed by atoms with Crippen LogP contribution in [0, 0.1) is 0 Å². The molecular weight excluding hydrogens is 283 g/mol. The number of hydrogen-bond acceptors (Lipinski definition) is 3. The minimum Gasteiger partial charge on any atom is -0.397 e. The second-order valence-electron chi connectivity index (χ2n) is 4.19. The third-order valence-corrected chi connectivity index (χ3v) is 3.52. The van der Waals surface area contributed by atoms with Gasteiger partial charge >= 0.3 is 0 Å². The van der Waals surface area contributed by atoms with E-state index in [0.717, 1.165) is 5.52 Å². The summed E-state index contributed by atoms with van der Waals surface area (Å²) in [6, 6.07) is 7.18. The molecule has 96 valence electrons. The lowest BCUT2D eigenvalue weighted by Crippen LogP contribution is -1.97. The number of nitrogens with zero attached hydrogens (tertiary/aromatic N) is 3. The van der Waals surface area contributed by atoms with E-state index in [2.05, 4.69) is 9.97 Å². The first kappa shape index (κ1) is 12.3. The highest BCUT2D eigenvalue weighted by Crippen LogP contribution is 2.35. The summed E-state index contributed by atoms with van der Waals surface area (Å²) in [5, 5.41) is 0.941. The molecule has 2 aromatic heterocycles. The number of pyridine rings is 1. The zero-order valence-corrected chi connectivity index (χ0v) is 11.6. The van der Waals surface area contributed by atoms with Gasteiger partial charge in [-0.2, -0.15) is 0 Å². The fourth-order valence-corrected chi connectivity index (χ4v) is 2.53. The molecule has 0 amide bonds. The number of benzene rings is 1. The summed E-state index contributed by atoms with van der Waals surface area (Å²) in [6.45, 7) is 0. The van der Waals surface area contributed by atoms with E-state index in [1.54, 1.807) is 18.3 Å². The second-order valence-corrected chi connectivity index (χ2v) is 5.03. The normalized spacial score (nSPS) is 11.1. The molecule has 0 aliphatic heterocycles. The molecule has 1 aromatic carbocycles. The van der Waals surface area contributed by atoms with Crippen LogP contribution in [-0.2, 0) is 7.05 Å². The van der Waals surface area contributed by atoms with Crippen molar-refractivity contribution in [1.29, 1.82) is 0 Å². The molecular formula is C13H10Cl2N4.